The maximum absolute atomic E-state index is 14.0. The molecule has 0 bridgehead atoms. The van der Waals surface area contributed by atoms with Crippen molar-refractivity contribution in [3.05, 3.63) is 58.7 Å². The zero-order valence-electron chi connectivity index (χ0n) is 23.2. The Labute approximate surface area is 224 Å². The lowest BCUT2D eigenvalue weighted by Crippen LogP contribution is -2.54. The number of benzene rings is 2. The largest absolute Gasteiger partial charge is 0.507 e. The Balaban J connectivity index is 2.06. The molecule has 4 unspecified atom stereocenters. The number of carbonyl (C=O) groups excluding carboxylic acids is 3. The molecule has 0 aromatic heterocycles. The second-order valence-electron chi connectivity index (χ2n) is 11.1. The number of nitrogens with zero attached hydrogens (tertiary/aromatic N) is 1. The minimum Gasteiger partial charge on any atom is -0.507 e. The van der Waals surface area contributed by atoms with Crippen molar-refractivity contribution in [2.24, 2.45) is 5.92 Å². The van der Waals surface area contributed by atoms with Crippen molar-refractivity contribution in [3.63, 3.8) is 0 Å². The number of phenolic OH excluding ortho intramolecular Hbond substituents is 1. The van der Waals surface area contributed by atoms with Gasteiger partial charge in [-0.1, -0.05) is 43.3 Å². The third-order valence-electron chi connectivity index (χ3n) is 6.67. The van der Waals surface area contributed by atoms with Crippen LogP contribution in [0.15, 0.2) is 36.4 Å². The van der Waals surface area contributed by atoms with Gasteiger partial charge in [-0.05, 0) is 70.6 Å². The number of ether oxygens (including phenoxy) is 1. The van der Waals surface area contributed by atoms with E-state index in [1.807, 2.05) is 39.0 Å². The lowest BCUT2D eigenvalue weighted by atomic mass is 9.98. The summed E-state index contributed by atoms with van der Waals surface area (Å²) >= 11 is 0. The van der Waals surface area contributed by atoms with Crippen LogP contribution in [0.4, 0.5) is 10.5 Å². The summed E-state index contributed by atoms with van der Waals surface area (Å²) in [5, 5.41) is 26.5. The number of aliphatic hydroxyl groups is 1. The lowest BCUT2D eigenvalue weighted by Gasteiger charge is -2.35. The molecule has 1 aliphatic rings. The third kappa shape index (κ3) is 6.64. The van der Waals surface area contributed by atoms with Gasteiger partial charge in [0.15, 0.2) is 0 Å². The summed E-state index contributed by atoms with van der Waals surface area (Å²) in [5.41, 5.74) is 2.32. The highest BCUT2D eigenvalue weighted by Gasteiger charge is 2.49. The van der Waals surface area contributed by atoms with Crippen molar-refractivity contribution in [3.8, 4) is 5.75 Å². The van der Waals surface area contributed by atoms with Gasteiger partial charge < -0.3 is 30.5 Å². The van der Waals surface area contributed by atoms with Gasteiger partial charge >= 0.3 is 6.09 Å². The fourth-order valence-corrected chi connectivity index (χ4v) is 4.51. The quantitative estimate of drug-likeness (QED) is 0.411. The van der Waals surface area contributed by atoms with E-state index in [2.05, 4.69) is 10.6 Å². The van der Waals surface area contributed by atoms with E-state index in [4.69, 9.17) is 4.74 Å². The zero-order chi connectivity index (χ0) is 28.4. The lowest BCUT2D eigenvalue weighted by molar-refractivity contribution is -0.142. The molecule has 38 heavy (non-hydrogen) atoms. The molecule has 2 aromatic carbocycles. The van der Waals surface area contributed by atoms with E-state index in [9.17, 15) is 24.6 Å². The second-order valence-corrected chi connectivity index (χ2v) is 11.1. The number of amides is 3. The molecule has 206 valence electrons. The molecule has 9 heteroatoms. The molecule has 0 radical (unpaired) electrons. The highest BCUT2D eigenvalue weighted by atomic mass is 16.6. The van der Waals surface area contributed by atoms with Crippen LogP contribution in [0.25, 0.3) is 0 Å². The maximum atomic E-state index is 14.0. The Bertz CT molecular complexity index is 1190. The fourth-order valence-electron chi connectivity index (χ4n) is 4.51. The number of hydrogen-bond donors (Lipinski definition) is 4. The summed E-state index contributed by atoms with van der Waals surface area (Å²) < 4.78 is 5.28. The van der Waals surface area contributed by atoms with Crippen molar-refractivity contribution >= 4 is 23.6 Å². The number of aromatic hydroxyl groups is 1. The van der Waals surface area contributed by atoms with Gasteiger partial charge in [-0.2, -0.15) is 0 Å². The van der Waals surface area contributed by atoms with E-state index in [0.29, 0.717) is 17.7 Å². The minimum atomic E-state index is -1.35. The normalized spacial score (nSPS) is 18.2. The van der Waals surface area contributed by atoms with E-state index in [1.165, 1.54) is 4.90 Å². The predicted octanol–water partition coefficient (Wildman–Crippen LogP) is 4.12. The molecule has 4 N–H and O–H groups in total. The average molecular weight is 526 g/mol. The number of hydrogen-bond acceptors (Lipinski definition) is 6. The molecule has 1 fully saturated rings. The molecule has 1 aliphatic carbocycles. The van der Waals surface area contributed by atoms with Crippen LogP contribution in [-0.2, 0) is 14.3 Å². The predicted molar refractivity (Wildman–Crippen MR) is 145 cm³/mol. The first-order valence-electron chi connectivity index (χ1n) is 12.8. The molecule has 1 saturated carbocycles. The number of aryl methyl sites for hydroxylation is 3. The van der Waals surface area contributed by atoms with E-state index >= 15 is 0 Å². The number of aliphatic hydroxyl groups excluding tert-OH is 1. The van der Waals surface area contributed by atoms with Crippen LogP contribution < -0.4 is 10.6 Å². The smallest absolute Gasteiger partial charge is 0.408 e. The van der Waals surface area contributed by atoms with E-state index in [0.717, 1.165) is 11.1 Å². The van der Waals surface area contributed by atoms with Crippen molar-refractivity contribution in [2.45, 2.75) is 78.6 Å². The van der Waals surface area contributed by atoms with Crippen LogP contribution in [0.2, 0.25) is 0 Å². The molecule has 0 saturated heterocycles. The molecular weight excluding hydrogens is 486 g/mol. The monoisotopic (exact) mass is 525 g/mol. The molecule has 0 heterocycles. The second kappa shape index (κ2) is 11.4. The zero-order valence-corrected chi connectivity index (χ0v) is 23.2. The van der Waals surface area contributed by atoms with Gasteiger partial charge in [0.1, 0.15) is 23.4 Å². The first-order chi connectivity index (χ1) is 17.7. The summed E-state index contributed by atoms with van der Waals surface area (Å²) in [6, 6.07) is 7.79. The van der Waals surface area contributed by atoms with E-state index in [-0.39, 0.29) is 23.3 Å². The maximum Gasteiger partial charge on any atom is 0.408 e. The Hall–Kier alpha value is -3.59. The van der Waals surface area contributed by atoms with Gasteiger partial charge in [0, 0.05) is 17.3 Å². The van der Waals surface area contributed by atoms with Crippen molar-refractivity contribution in [1.82, 2.24) is 10.2 Å². The number of para-hydroxylation sites is 2. The summed E-state index contributed by atoms with van der Waals surface area (Å²) in [6.07, 6.45) is -0.223. The van der Waals surface area contributed by atoms with Gasteiger partial charge in [-0.3, -0.25) is 9.59 Å². The first-order valence-corrected chi connectivity index (χ1v) is 12.8. The Morgan fingerprint density at radius 1 is 1.05 bits per heavy atom. The molecule has 0 aliphatic heterocycles. The Kier molecular flexibility index (Phi) is 8.72. The van der Waals surface area contributed by atoms with Gasteiger partial charge in [0.2, 0.25) is 5.91 Å². The van der Waals surface area contributed by atoms with E-state index < -0.39 is 42.2 Å². The average Bonchev–Trinajstić information content (AvgIpc) is 3.54. The summed E-state index contributed by atoms with van der Waals surface area (Å²) in [7, 11) is 0. The fraction of sp³-hybridized carbons (Fsp3) is 0.483. The Morgan fingerprint density at radius 2 is 1.61 bits per heavy atom. The topological polar surface area (TPSA) is 128 Å². The molecule has 0 spiro atoms. The standard InChI is InChI=1S/C29H39N3O6/c1-16-10-8-11-17(2)23(16)31-26(35)24(20-13-9-12-18(3)25(20)34)32(22-14-19(22)4)27(36)21(15-33)30-28(37)38-29(5,6)7/h8-13,19,21-22,24,33-34H,14-15H2,1-7H3,(H,30,37)(H,31,35). The first kappa shape index (κ1) is 29.0. The summed E-state index contributed by atoms with van der Waals surface area (Å²) in [6.45, 7) is 11.8. The molecule has 4 atom stereocenters. The number of phenols is 1. The number of rotatable bonds is 8. The van der Waals surface area contributed by atoms with Crippen LogP contribution >= 0.6 is 0 Å². The van der Waals surface area contributed by atoms with E-state index in [1.54, 1.807) is 45.9 Å². The van der Waals surface area contributed by atoms with Gasteiger partial charge in [0.05, 0.1) is 6.61 Å². The van der Waals surface area contributed by atoms with Crippen molar-refractivity contribution in [1.29, 1.82) is 0 Å². The third-order valence-corrected chi connectivity index (χ3v) is 6.67. The van der Waals surface area contributed by atoms with Crippen molar-refractivity contribution in [2.75, 3.05) is 11.9 Å². The van der Waals surface area contributed by atoms with Crippen LogP contribution in [-0.4, -0.2) is 57.3 Å². The minimum absolute atomic E-state index is 0.0854. The highest BCUT2D eigenvalue weighted by molar-refractivity contribution is 6.00. The van der Waals surface area contributed by atoms with Gasteiger partial charge in [-0.25, -0.2) is 4.79 Å². The summed E-state index contributed by atoms with van der Waals surface area (Å²) in [4.78, 5) is 41.8. The molecule has 3 rings (SSSR count). The van der Waals surface area contributed by atoms with Crippen molar-refractivity contribution < 1.29 is 29.3 Å². The van der Waals surface area contributed by atoms with Gasteiger partial charge in [-0.15, -0.1) is 0 Å². The number of anilines is 1. The Morgan fingerprint density at radius 3 is 2.13 bits per heavy atom. The van der Waals surface area contributed by atoms with Crippen LogP contribution in [0.3, 0.4) is 0 Å². The number of nitrogens with one attached hydrogen (secondary N) is 2. The molecule has 9 nitrogen and oxygen atoms in total. The van der Waals surface area contributed by atoms with Crippen LogP contribution in [0.1, 0.15) is 62.4 Å². The molecule has 3 amide bonds. The van der Waals surface area contributed by atoms with Gasteiger partial charge in [0.25, 0.3) is 5.91 Å². The molecule has 2 aromatic rings. The van der Waals surface area contributed by atoms with Crippen LogP contribution in [0, 0.1) is 26.7 Å². The SMILES string of the molecule is Cc1cccc(C(C(=O)Nc2c(C)cccc2C)N(C(=O)C(CO)NC(=O)OC(C)(C)C)C2CC2C)c1O. The highest BCUT2D eigenvalue weighted by Crippen LogP contribution is 2.43. The number of carbonyl (C=O) groups is 3. The summed E-state index contributed by atoms with van der Waals surface area (Å²) in [5.74, 6) is -1.16. The van der Waals surface area contributed by atoms with Crippen LogP contribution in [0.5, 0.6) is 5.75 Å². The molecular formula is C29H39N3O6. The number of alkyl carbamates (subject to hydrolysis) is 1.